The average Bonchev–Trinajstić information content (AvgIpc) is 2.74. The molecule has 0 spiro atoms. The first kappa shape index (κ1) is 14.0. The second-order valence-corrected chi connectivity index (χ2v) is 4.77. The molecule has 0 aliphatic heterocycles. The first-order chi connectivity index (χ1) is 8.27. The van der Waals surface area contributed by atoms with Crippen LogP contribution in [0.5, 0.6) is 0 Å². The van der Waals surface area contributed by atoms with Crippen LogP contribution in [0.4, 0.5) is 0 Å². The molecule has 94 valence electrons. The number of rotatable bonds is 7. The molecule has 3 heteroatoms. The van der Waals surface area contributed by atoms with Gasteiger partial charge in [0.2, 0.25) is 0 Å². The van der Waals surface area contributed by atoms with Crippen LogP contribution in [0, 0.1) is 0 Å². The van der Waals surface area contributed by atoms with Gasteiger partial charge in [0.25, 0.3) is 0 Å². The Balaban J connectivity index is 2.47. The SMILES string of the molecule is CCCCc1ccsc1C=CCC(=O)OCC. The van der Waals surface area contributed by atoms with Crippen LogP contribution >= 0.6 is 11.3 Å². The summed E-state index contributed by atoms with van der Waals surface area (Å²) in [5.74, 6) is -0.157. The zero-order valence-corrected chi connectivity index (χ0v) is 11.4. The molecule has 0 unspecified atom stereocenters. The molecule has 17 heavy (non-hydrogen) atoms. The number of esters is 1. The van der Waals surface area contributed by atoms with E-state index in [1.54, 1.807) is 11.3 Å². The Morgan fingerprint density at radius 1 is 1.47 bits per heavy atom. The number of hydrogen-bond donors (Lipinski definition) is 0. The smallest absolute Gasteiger partial charge is 0.309 e. The number of hydrogen-bond acceptors (Lipinski definition) is 3. The van der Waals surface area contributed by atoms with Gasteiger partial charge in [0.05, 0.1) is 13.0 Å². The van der Waals surface area contributed by atoms with E-state index in [0.29, 0.717) is 13.0 Å². The van der Waals surface area contributed by atoms with Gasteiger partial charge in [-0.25, -0.2) is 0 Å². The Labute approximate surface area is 107 Å². The lowest BCUT2D eigenvalue weighted by Gasteiger charge is -1.99. The zero-order chi connectivity index (χ0) is 12.5. The summed E-state index contributed by atoms with van der Waals surface area (Å²) < 4.78 is 4.87. The predicted molar refractivity (Wildman–Crippen MR) is 73.2 cm³/mol. The summed E-state index contributed by atoms with van der Waals surface area (Å²) in [4.78, 5) is 12.4. The molecular formula is C14H20O2S. The molecule has 0 bridgehead atoms. The number of ether oxygens (including phenoxy) is 1. The highest BCUT2D eigenvalue weighted by molar-refractivity contribution is 7.11. The normalized spacial score (nSPS) is 10.9. The number of unbranched alkanes of at least 4 members (excludes halogenated alkanes) is 1. The largest absolute Gasteiger partial charge is 0.466 e. The maximum absolute atomic E-state index is 11.2. The molecule has 0 amide bonds. The van der Waals surface area contributed by atoms with Crippen molar-refractivity contribution in [3.8, 4) is 0 Å². The van der Waals surface area contributed by atoms with E-state index in [1.165, 1.54) is 23.3 Å². The van der Waals surface area contributed by atoms with Gasteiger partial charge in [0.15, 0.2) is 0 Å². The van der Waals surface area contributed by atoms with E-state index in [-0.39, 0.29) is 5.97 Å². The molecule has 1 heterocycles. The van der Waals surface area contributed by atoms with Crippen molar-refractivity contribution in [2.24, 2.45) is 0 Å². The fourth-order valence-corrected chi connectivity index (χ4v) is 2.42. The van der Waals surface area contributed by atoms with Crippen LogP contribution < -0.4 is 0 Å². The van der Waals surface area contributed by atoms with Crippen LogP contribution in [0.2, 0.25) is 0 Å². The molecule has 0 aliphatic rings. The Hall–Kier alpha value is -1.09. The number of thiophene rings is 1. The molecule has 2 nitrogen and oxygen atoms in total. The van der Waals surface area contributed by atoms with Gasteiger partial charge in [0.1, 0.15) is 0 Å². The Bertz CT molecular complexity index is 366. The number of aryl methyl sites for hydroxylation is 1. The van der Waals surface area contributed by atoms with E-state index >= 15 is 0 Å². The fourth-order valence-electron chi connectivity index (χ4n) is 1.55. The molecule has 0 atom stereocenters. The van der Waals surface area contributed by atoms with E-state index in [9.17, 15) is 4.79 Å². The lowest BCUT2D eigenvalue weighted by atomic mass is 10.1. The van der Waals surface area contributed by atoms with Crippen molar-refractivity contribution in [3.05, 3.63) is 28.0 Å². The number of carbonyl (C=O) groups excluding carboxylic acids is 1. The summed E-state index contributed by atoms with van der Waals surface area (Å²) in [5.41, 5.74) is 1.39. The summed E-state index contributed by atoms with van der Waals surface area (Å²) in [6, 6.07) is 2.17. The summed E-state index contributed by atoms with van der Waals surface area (Å²) in [6.07, 6.45) is 7.83. The second-order valence-electron chi connectivity index (χ2n) is 3.83. The minimum atomic E-state index is -0.157. The van der Waals surface area contributed by atoms with E-state index in [0.717, 1.165) is 6.42 Å². The molecule has 0 saturated heterocycles. The van der Waals surface area contributed by atoms with Crippen molar-refractivity contribution in [1.82, 2.24) is 0 Å². The monoisotopic (exact) mass is 252 g/mol. The van der Waals surface area contributed by atoms with Gasteiger partial charge >= 0.3 is 5.97 Å². The lowest BCUT2D eigenvalue weighted by molar-refractivity contribution is -0.142. The summed E-state index contributed by atoms with van der Waals surface area (Å²) in [5, 5.41) is 2.11. The van der Waals surface area contributed by atoms with Gasteiger partial charge in [-0.2, -0.15) is 0 Å². The molecule has 0 aromatic carbocycles. The van der Waals surface area contributed by atoms with Gasteiger partial charge in [0, 0.05) is 4.88 Å². The Morgan fingerprint density at radius 3 is 3.00 bits per heavy atom. The molecule has 1 rings (SSSR count). The molecule has 0 aliphatic carbocycles. The average molecular weight is 252 g/mol. The zero-order valence-electron chi connectivity index (χ0n) is 10.6. The van der Waals surface area contributed by atoms with Crippen molar-refractivity contribution in [1.29, 1.82) is 0 Å². The van der Waals surface area contributed by atoms with Crippen LogP contribution in [0.25, 0.3) is 6.08 Å². The third kappa shape index (κ3) is 5.18. The third-order valence-electron chi connectivity index (χ3n) is 2.44. The highest BCUT2D eigenvalue weighted by atomic mass is 32.1. The van der Waals surface area contributed by atoms with Crippen molar-refractivity contribution in [3.63, 3.8) is 0 Å². The van der Waals surface area contributed by atoms with Crippen LogP contribution in [-0.2, 0) is 16.0 Å². The molecule has 0 radical (unpaired) electrons. The highest BCUT2D eigenvalue weighted by Crippen LogP contribution is 2.20. The van der Waals surface area contributed by atoms with Crippen molar-refractivity contribution < 1.29 is 9.53 Å². The standard InChI is InChI=1S/C14H20O2S/c1-3-5-7-12-10-11-17-13(12)8-6-9-14(15)16-4-2/h6,8,10-11H,3-5,7,9H2,1-2H3. The first-order valence-electron chi connectivity index (χ1n) is 6.16. The van der Waals surface area contributed by atoms with E-state index in [2.05, 4.69) is 18.4 Å². The van der Waals surface area contributed by atoms with E-state index in [4.69, 9.17) is 4.74 Å². The van der Waals surface area contributed by atoms with Crippen LogP contribution in [0.3, 0.4) is 0 Å². The highest BCUT2D eigenvalue weighted by Gasteiger charge is 2.01. The van der Waals surface area contributed by atoms with Crippen molar-refractivity contribution >= 4 is 23.4 Å². The predicted octanol–water partition coefficient (Wildman–Crippen LogP) is 4.06. The maximum atomic E-state index is 11.2. The topological polar surface area (TPSA) is 26.3 Å². The Morgan fingerprint density at radius 2 is 2.29 bits per heavy atom. The maximum Gasteiger partial charge on any atom is 0.309 e. The van der Waals surface area contributed by atoms with Gasteiger partial charge in [-0.05, 0) is 42.9 Å². The van der Waals surface area contributed by atoms with E-state index < -0.39 is 0 Å². The van der Waals surface area contributed by atoms with Crippen molar-refractivity contribution in [2.75, 3.05) is 6.61 Å². The minimum absolute atomic E-state index is 0.157. The van der Waals surface area contributed by atoms with Gasteiger partial charge in [-0.1, -0.05) is 19.4 Å². The van der Waals surface area contributed by atoms with Gasteiger partial charge < -0.3 is 4.74 Å². The van der Waals surface area contributed by atoms with Gasteiger partial charge in [-0.15, -0.1) is 11.3 Å². The summed E-state index contributed by atoms with van der Waals surface area (Å²) in [7, 11) is 0. The summed E-state index contributed by atoms with van der Waals surface area (Å²) in [6.45, 7) is 4.47. The van der Waals surface area contributed by atoms with Crippen LogP contribution in [0.1, 0.15) is 43.6 Å². The molecule has 0 saturated carbocycles. The van der Waals surface area contributed by atoms with Crippen molar-refractivity contribution in [2.45, 2.75) is 39.5 Å². The minimum Gasteiger partial charge on any atom is -0.466 e. The van der Waals surface area contributed by atoms with E-state index in [1.807, 2.05) is 19.1 Å². The fraction of sp³-hybridized carbons (Fsp3) is 0.500. The number of carbonyl (C=O) groups is 1. The summed E-state index contributed by atoms with van der Waals surface area (Å²) >= 11 is 1.73. The molecule has 1 aromatic heterocycles. The lowest BCUT2D eigenvalue weighted by Crippen LogP contribution is -2.01. The third-order valence-corrected chi connectivity index (χ3v) is 3.36. The Kier molecular flexibility index (Phi) is 6.63. The molecule has 0 N–H and O–H groups in total. The first-order valence-corrected chi connectivity index (χ1v) is 7.04. The molecular weight excluding hydrogens is 232 g/mol. The molecule has 0 fully saturated rings. The van der Waals surface area contributed by atoms with Gasteiger partial charge in [-0.3, -0.25) is 4.79 Å². The second kappa shape index (κ2) is 8.07. The van der Waals surface area contributed by atoms with Crippen LogP contribution in [-0.4, -0.2) is 12.6 Å². The quantitative estimate of drug-likeness (QED) is 0.684. The molecule has 1 aromatic rings. The van der Waals surface area contributed by atoms with Crippen LogP contribution in [0.15, 0.2) is 17.5 Å².